The summed E-state index contributed by atoms with van der Waals surface area (Å²) in [5, 5.41) is 4.66. The Hall–Kier alpha value is -1.72. The van der Waals surface area contributed by atoms with Gasteiger partial charge < -0.3 is 10.6 Å². The van der Waals surface area contributed by atoms with E-state index in [1.54, 1.807) is 13.8 Å². The number of hydrogen-bond donors (Lipinski definition) is 2. The number of carbonyl (C=O) groups excluding carboxylic acids is 4. The number of ketones is 2. The van der Waals surface area contributed by atoms with Crippen molar-refractivity contribution < 1.29 is 19.2 Å². The van der Waals surface area contributed by atoms with Gasteiger partial charge in [-0.25, -0.2) is 0 Å². The van der Waals surface area contributed by atoms with Crippen LogP contribution in [-0.4, -0.2) is 36.5 Å². The highest BCUT2D eigenvalue weighted by atomic mass is 16.2. The van der Waals surface area contributed by atoms with Crippen LogP contribution >= 0.6 is 0 Å². The molecule has 0 fully saturated rings. The molecule has 0 aliphatic carbocycles. The summed E-state index contributed by atoms with van der Waals surface area (Å²) in [7, 11) is 0. The van der Waals surface area contributed by atoms with Gasteiger partial charge in [0.15, 0.2) is 0 Å². The lowest BCUT2D eigenvalue weighted by molar-refractivity contribution is -0.138. The van der Waals surface area contributed by atoms with Crippen molar-refractivity contribution in [3.8, 4) is 0 Å². The third kappa shape index (κ3) is 5.23. The Labute approximate surface area is 93.8 Å². The van der Waals surface area contributed by atoms with E-state index in [1.807, 2.05) is 0 Å². The summed E-state index contributed by atoms with van der Waals surface area (Å²) in [5.74, 6) is -2.34. The highest BCUT2D eigenvalue weighted by Gasteiger charge is 2.11. The van der Waals surface area contributed by atoms with Gasteiger partial charge in [-0.05, 0) is 0 Å². The molecule has 2 N–H and O–H groups in total. The normalized spacial score (nSPS) is 9.38. The molecule has 6 nitrogen and oxygen atoms in total. The zero-order valence-corrected chi connectivity index (χ0v) is 9.46. The third-order valence-corrected chi connectivity index (χ3v) is 1.84. The minimum atomic E-state index is -0.668. The van der Waals surface area contributed by atoms with Crippen LogP contribution < -0.4 is 10.6 Å². The Bertz CT molecular complexity index is 269. The maximum atomic E-state index is 11.0. The monoisotopic (exact) mass is 228 g/mol. The summed E-state index contributed by atoms with van der Waals surface area (Å²) < 4.78 is 0. The van der Waals surface area contributed by atoms with Crippen LogP contribution in [0.2, 0.25) is 0 Å². The average Bonchev–Trinajstić information content (AvgIpc) is 2.31. The van der Waals surface area contributed by atoms with Crippen LogP contribution in [-0.2, 0) is 19.2 Å². The second-order valence-corrected chi connectivity index (χ2v) is 3.07. The Kier molecular flexibility index (Phi) is 6.74. The van der Waals surface area contributed by atoms with Crippen LogP contribution in [0.4, 0.5) is 0 Å². The fraction of sp³-hybridized carbons (Fsp3) is 0.600. The Morgan fingerprint density at radius 3 is 1.31 bits per heavy atom. The van der Waals surface area contributed by atoms with Crippen molar-refractivity contribution in [3.05, 3.63) is 0 Å². The number of carbonyl (C=O) groups is 4. The quantitative estimate of drug-likeness (QED) is 0.439. The molecule has 0 aliphatic heterocycles. The number of rotatable bonds is 7. The first-order valence-electron chi connectivity index (χ1n) is 5.14. The Balaban J connectivity index is 3.69. The molecule has 0 unspecified atom stereocenters. The lowest BCUT2D eigenvalue weighted by atomic mass is 10.3. The van der Waals surface area contributed by atoms with Crippen LogP contribution in [0.3, 0.4) is 0 Å². The molecular weight excluding hydrogens is 212 g/mol. The molecule has 2 amide bonds. The standard InChI is InChI=1S/C10H16N2O4/c1-3-7(13)9(15)11-5-6-12-10(16)8(14)4-2/h3-6H2,1-2H3,(H,11,15)(H,12,16). The van der Waals surface area contributed by atoms with Crippen molar-refractivity contribution in [3.63, 3.8) is 0 Å². The molecule has 0 heterocycles. The fourth-order valence-corrected chi connectivity index (χ4v) is 0.870. The second-order valence-electron chi connectivity index (χ2n) is 3.07. The summed E-state index contributed by atoms with van der Waals surface area (Å²) in [6, 6.07) is 0. The lowest BCUT2D eigenvalue weighted by Gasteiger charge is -2.04. The highest BCUT2D eigenvalue weighted by molar-refractivity contribution is 6.36. The Morgan fingerprint density at radius 2 is 1.06 bits per heavy atom. The third-order valence-electron chi connectivity index (χ3n) is 1.84. The van der Waals surface area contributed by atoms with Gasteiger partial charge in [0, 0.05) is 25.9 Å². The molecule has 0 rings (SSSR count). The fourth-order valence-electron chi connectivity index (χ4n) is 0.870. The molecule has 6 heteroatoms. The lowest BCUT2D eigenvalue weighted by Crippen LogP contribution is -2.39. The molecule has 0 aromatic rings. The molecule has 0 aromatic heterocycles. The minimum absolute atomic E-state index is 0.132. The molecule has 16 heavy (non-hydrogen) atoms. The van der Waals surface area contributed by atoms with Crippen molar-refractivity contribution in [2.45, 2.75) is 26.7 Å². The SMILES string of the molecule is CCC(=O)C(=O)NCCNC(=O)C(=O)CC. The van der Waals surface area contributed by atoms with Crippen molar-refractivity contribution in [2.75, 3.05) is 13.1 Å². The number of Topliss-reactive ketones (excluding diaryl/α,β-unsaturated/α-hetero) is 2. The van der Waals surface area contributed by atoms with Gasteiger partial charge in [-0.2, -0.15) is 0 Å². The second kappa shape index (κ2) is 7.56. The molecule has 0 saturated heterocycles. The largest absolute Gasteiger partial charge is 0.348 e. The first-order valence-corrected chi connectivity index (χ1v) is 5.14. The first kappa shape index (κ1) is 14.3. The van der Waals surface area contributed by atoms with E-state index in [2.05, 4.69) is 10.6 Å². The molecule has 90 valence electrons. The van der Waals surface area contributed by atoms with Crippen molar-refractivity contribution in [2.24, 2.45) is 0 Å². The molecule has 0 spiro atoms. The summed E-state index contributed by atoms with van der Waals surface area (Å²) >= 11 is 0. The summed E-state index contributed by atoms with van der Waals surface area (Å²) in [5.41, 5.74) is 0. The van der Waals surface area contributed by atoms with Gasteiger partial charge in [-0.1, -0.05) is 13.8 Å². The number of nitrogens with one attached hydrogen (secondary N) is 2. The van der Waals surface area contributed by atoms with E-state index >= 15 is 0 Å². The molecular formula is C10H16N2O4. The molecule has 0 aromatic carbocycles. The molecule has 0 radical (unpaired) electrons. The summed E-state index contributed by atoms with van der Waals surface area (Å²) in [4.78, 5) is 43.6. The van der Waals surface area contributed by atoms with Crippen molar-refractivity contribution in [1.82, 2.24) is 10.6 Å². The van der Waals surface area contributed by atoms with E-state index in [0.29, 0.717) is 0 Å². The first-order chi connectivity index (χ1) is 7.52. The zero-order valence-electron chi connectivity index (χ0n) is 9.46. The van der Waals surface area contributed by atoms with Gasteiger partial charge in [0.05, 0.1) is 0 Å². The van der Waals surface area contributed by atoms with Crippen molar-refractivity contribution >= 4 is 23.4 Å². The predicted molar refractivity (Wildman–Crippen MR) is 56.6 cm³/mol. The van der Waals surface area contributed by atoms with Crippen LogP contribution in [0.25, 0.3) is 0 Å². The topological polar surface area (TPSA) is 92.3 Å². The van der Waals surface area contributed by atoms with E-state index < -0.39 is 23.4 Å². The average molecular weight is 228 g/mol. The highest BCUT2D eigenvalue weighted by Crippen LogP contribution is 1.81. The zero-order chi connectivity index (χ0) is 12.6. The number of amides is 2. The van der Waals surface area contributed by atoms with Gasteiger partial charge in [0.1, 0.15) is 0 Å². The maximum Gasteiger partial charge on any atom is 0.287 e. The van der Waals surface area contributed by atoms with E-state index in [4.69, 9.17) is 0 Å². The van der Waals surface area contributed by atoms with Gasteiger partial charge in [-0.3, -0.25) is 19.2 Å². The van der Waals surface area contributed by atoms with E-state index in [9.17, 15) is 19.2 Å². The van der Waals surface area contributed by atoms with Crippen LogP contribution in [0.1, 0.15) is 26.7 Å². The van der Waals surface area contributed by atoms with E-state index in [0.717, 1.165) is 0 Å². The van der Waals surface area contributed by atoms with Crippen LogP contribution in [0, 0.1) is 0 Å². The van der Waals surface area contributed by atoms with Gasteiger partial charge in [-0.15, -0.1) is 0 Å². The smallest absolute Gasteiger partial charge is 0.287 e. The van der Waals surface area contributed by atoms with Gasteiger partial charge >= 0.3 is 0 Å². The molecule has 0 saturated carbocycles. The number of hydrogen-bond acceptors (Lipinski definition) is 4. The summed E-state index contributed by atoms with van der Waals surface area (Å²) in [6.07, 6.45) is 0.291. The molecule has 0 aliphatic rings. The Morgan fingerprint density at radius 1 is 0.750 bits per heavy atom. The predicted octanol–water partition coefficient (Wildman–Crippen LogP) is -0.823. The van der Waals surface area contributed by atoms with Crippen LogP contribution in [0.5, 0.6) is 0 Å². The van der Waals surface area contributed by atoms with Crippen LogP contribution in [0.15, 0.2) is 0 Å². The summed E-state index contributed by atoms with van der Waals surface area (Å²) in [6.45, 7) is 3.44. The van der Waals surface area contributed by atoms with Gasteiger partial charge in [0.25, 0.3) is 11.8 Å². The minimum Gasteiger partial charge on any atom is -0.348 e. The maximum absolute atomic E-state index is 11.0. The van der Waals surface area contributed by atoms with Gasteiger partial charge in [0.2, 0.25) is 11.6 Å². The molecule has 0 bridgehead atoms. The molecule has 0 atom stereocenters. The van der Waals surface area contributed by atoms with E-state index in [-0.39, 0.29) is 25.9 Å². The van der Waals surface area contributed by atoms with E-state index in [1.165, 1.54) is 0 Å². The van der Waals surface area contributed by atoms with Crippen molar-refractivity contribution in [1.29, 1.82) is 0 Å².